The molecule has 0 aliphatic heterocycles. The van der Waals surface area contributed by atoms with E-state index in [4.69, 9.17) is 10.2 Å². The van der Waals surface area contributed by atoms with Crippen LogP contribution in [0.4, 0.5) is 0 Å². The van der Waals surface area contributed by atoms with Gasteiger partial charge < -0.3 is 10.2 Å². The predicted octanol–water partition coefficient (Wildman–Crippen LogP) is 2.13. The number of ketones is 1. The minimum absolute atomic E-state index is 0.214. The maximum Gasteiger partial charge on any atom is 0.228 e. The lowest BCUT2D eigenvalue weighted by Crippen LogP contribution is -2.29. The van der Waals surface area contributed by atoms with Gasteiger partial charge in [0, 0.05) is 10.8 Å². The van der Waals surface area contributed by atoms with Gasteiger partial charge in [-0.25, -0.2) is 0 Å². The summed E-state index contributed by atoms with van der Waals surface area (Å²) in [5, 5.41) is 1.56. The fraction of sp³-hybridized carbons (Fsp3) is 0.231. The summed E-state index contributed by atoms with van der Waals surface area (Å²) in [5.74, 6) is -1.56. The van der Waals surface area contributed by atoms with Crippen molar-refractivity contribution in [3.05, 3.63) is 36.3 Å². The van der Waals surface area contributed by atoms with Crippen LogP contribution in [0.5, 0.6) is 0 Å². The molecule has 0 saturated heterocycles. The van der Waals surface area contributed by atoms with Crippen molar-refractivity contribution in [2.45, 2.75) is 13.3 Å². The largest absolute Gasteiger partial charge is 0.460 e. The number of nitrogens with two attached hydrogens (primary N) is 1. The number of furan rings is 1. The summed E-state index contributed by atoms with van der Waals surface area (Å²) in [6.07, 6.45) is 1.89. The SMILES string of the molecule is CCC(C(N)=O)C(=O)c1occ2ccccc12. The highest BCUT2D eigenvalue weighted by atomic mass is 16.3. The number of carbonyl (C=O) groups is 2. The highest BCUT2D eigenvalue weighted by molar-refractivity contribution is 6.14. The molecule has 1 atom stereocenters. The second-order valence-corrected chi connectivity index (χ2v) is 3.88. The summed E-state index contributed by atoms with van der Waals surface area (Å²) >= 11 is 0. The van der Waals surface area contributed by atoms with Gasteiger partial charge in [-0.15, -0.1) is 0 Å². The molecule has 0 spiro atoms. The zero-order valence-electron chi connectivity index (χ0n) is 9.47. The number of rotatable bonds is 4. The van der Waals surface area contributed by atoms with Gasteiger partial charge in [0.15, 0.2) is 5.76 Å². The molecule has 4 heteroatoms. The Morgan fingerprint density at radius 1 is 1.35 bits per heavy atom. The fourth-order valence-electron chi connectivity index (χ4n) is 1.86. The summed E-state index contributed by atoms with van der Waals surface area (Å²) in [4.78, 5) is 23.3. The van der Waals surface area contributed by atoms with Crippen LogP contribution >= 0.6 is 0 Å². The third kappa shape index (κ3) is 1.93. The minimum Gasteiger partial charge on any atom is -0.460 e. The maximum atomic E-state index is 12.1. The van der Waals surface area contributed by atoms with Crippen molar-refractivity contribution in [1.29, 1.82) is 0 Å². The summed E-state index contributed by atoms with van der Waals surface area (Å²) in [6.45, 7) is 1.75. The molecule has 0 fully saturated rings. The Hall–Kier alpha value is -2.10. The third-order valence-electron chi connectivity index (χ3n) is 2.80. The molecule has 1 heterocycles. The molecule has 0 radical (unpaired) electrons. The van der Waals surface area contributed by atoms with Crippen molar-refractivity contribution in [3.8, 4) is 0 Å². The van der Waals surface area contributed by atoms with Crippen molar-refractivity contribution in [2.75, 3.05) is 0 Å². The predicted molar refractivity (Wildman–Crippen MR) is 63.5 cm³/mol. The van der Waals surface area contributed by atoms with Gasteiger partial charge in [-0.1, -0.05) is 31.2 Å². The van der Waals surface area contributed by atoms with Crippen molar-refractivity contribution < 1.29 is 14.0 Å². The molecule has 0 aliphatic carbocycles. The molecule has 1 aromatic carbocycles. The van der Waals surface area contributed by atoms with Gasteiger partial charge in [-0.05, 0) is 6.42 Å². The number of carbonyl (C=O) groups excluding carboxylic acids is 2. The van der Waals surface area contributed by atoms with Crippen LogP contribution in [0.15, 0.2) is 34.9 Å². The van der Waals surface area contributed by atoms with E-state index in [0.717, 1.165) is 10.8 Å². The van der Waals surface area contributed by atoms with Crippen molar-refractivity contribution in [3.63, 3.8) is 0 Å². The molecule has 2 aromatic rings. The standard InChI is InChI=1S/C13H13NO3/c1-2-9(13(14)16)11(15)12-10-6-4-3-5-8(10)7-17-12/h3-7,9H,2H2,1H3,(H2,14,16). The number of primary amides is 1. The van der Waals surface area contributed by atoms with Crippen molar-refractivity contribution >= 4 is 22.5 Å². The molecule has 1 amide bonds. The van der Waals surface area contributed by atoms with E-state index in [0.29, 0.717) is 6.42 Å². The Morgan fingerprint density at radius 3 is 2.71 bits per heavy atom. The van der Waals surface area contributed by atoms with Crippen LogP contribution in [0.1, 0.15) is 23.9 Å². The average Bonchev–Trinajstić information content (AvgIpc) is 2.72. The van der Waals surface area contributed by atoms with Crippen LogP contribution in [0.3, 0.4) is 0 Å². The van der Waals surface area contributed by atoms with E-state index in [-0.39, 0.29) is 11.5 Å². The van der Waals surface area contributed by atoms with Crippen LogP contribution in [-0.2, 0) is 4.79 Å². The quantitative estimate of drug-likeness (QED) is 0.647. The zero-order valence-corrected chi connectivity index (χ0v) is 9.47. The van der Waals surface area contributed by atoms with E-state index in [9.17, 15) is 9.59 Å². The fourth-order valence-corrected chi connectivity index (χ4v) is 1.86. The molecule has 0 aliphatic rings. The highest BCUT2D eigenvalue weighted by Crippen LogP contribution is 2.24. The summed E-state index contributed by atoms with van der Waals surface area (Å²) in [5.41, 5.74) is 5.20. The molecular formula is C13H13NO3. The minimum atomic E-state index is -0.815. The third-order valence-corrected chi connectivity index (χ3v) is 2.80. The normalized spacial score (nSPS) is 12.5. The van der Waals surface area contributed by atoms with Gasteiger partial charge >= 0.3 is 0 Å². The lowest BCUT2D eigenvalue weighted by atomic mass is 9.97. The van der Waals surface area contributed by atoms with Crippen molar-refractivity contribution in [1.82, 2.24) is 0 Å². The highest BCUT2D eigenvalue weighted by Gasteiger charge is 2.27. The first-order valence-electron chi connectivity index (χ1n) is 5.45. The van der Waals surface area contributed by atoms with Crippen LogP contribution in [-0.4, -0.2) is 11.7 Å². The van der Waals surface area contributed by atoms with Gasteiger partial charge in [-0.2, -0.15) is 0 Å². The van der Waals surface area contributed by atoms with Crippen LogP contribution < -0.4 is 5.73 Å². The molecule has 0 bridgehead atoms. The molecule has 1 aromatic heterocycles. The van der Waals surface area contributed by atoms with E-state index in [1.165, 1.54) is 6.26 Å². The van der Waals surface area contributed by atoms with E-state index < -0.39 is 11.8 Å². The Kier molecular flexibility index (Phi) is 2.95. The van der Waals surface area contributed by atoms with Gasteiger partial charge in [0.25, 0.3) is 0 Å². The number of fused-ring (bicyclic) bond motifs is 1. The summed E-state index contributed by atoms with van der Waals surface area (Å²) in [7, 11) is 0. The first-order valence-corrected chi connectivity index (χ1v) is 5.45. The van der Waals surface area contributed by atoms with Crippen molar-refractivity contribution in [2.24, 2.45) is 11.7 Å². The monoisotopic (exact) mass is 231 g/mol. The lowest BCUT2D eigenvalue weighted by molar-refractivity contribution is -0.120. The molecule has 0 saturated carbocycles. The Labute approximate surface area is 98.4 Å². The number of Topliss-reactive ketones (excluding diaryl/α,β-unsaturated/α-hetero) is 1. The average molecular weight is 231 g/mol. The number of benzene rings is 1. The van der Waals surface area contributed by atoms with E-state index in [1.54, 1.807) is 13.0 Å². The Bertz CT molecular complexity index is 571. The van der Waals surface area contributed by atoms with E-state index in [2.05, 4.69) is 0 Å². The van der Waals surface area contributed by atoms with Crippen LogP contribution in [0.2, 0.25) is 0 Å². The Balaban J connectivity index is 2.46. The topological polar surface area (TPSA) is 73.3 Å². The van der Waals surface area contributed by atoms with Crippen LogP contribution in [0.25, 0.3) is 10.8 Å². The first-order chi connectivity index (χ1) is 8.15. The van der Waals surface area contributed by atoms with Gasteiger partial charge in [0.05, 0.1) is 6.26 Å². The van der Waals surface area contributed by atoms with Gasteiger partial charge in [0.1, 0.15) is 5.92 Å². The molecule has 17 heavy (non-hydrogen) atoms. The molecule has 2 rings (SSSR count). The van der Waals surface area contributed by atoms with E-state index >= 15 is 0 Å². The molecule has 2 N–H and O–H groups in total. The molecule has 88 valence electrons. The van der Waals surface area contributed by atoms with Gasteiger partial charge in [0.2, 0.25) is 11.7 Å². The number of hydrogen-bond acceptors (Lipinski definition) is 3. The summed E-state index contributed by atoms with van der Waals surface area (Å²) < 4.78 is 5.25. The molecular weight excluding hydrogens is 218 g/mol. The number of hydrogen-bond donors (Lipinski definition) is 1. The zero-order chi connectivity index (χ0) is 12.4. The maximum absolute atomic E-state index is 12.1. The molecule has 1 unspecified atom stereocenters. The molecule has 4 nitrogen and oxygen atoms in total. The lowest BCUT2D eigenvalue weighted by Gasteiger charge is -2.07. The first kappa shape index (κ1) is 11.4. The Morgan fingerprint density at radius 2 is 2.06 bits per heavy atom. The van der Waals surface area contributed by atoms with E-state index in [1.807, 2.05) is 18.2 Å². The van der Waals surface area contributed by atoms with Gasteiger partial charge in [-0.3, -0.25) is 9.59 Å². The number of amides is 1. The van der Waals surface area contributed by atoms with Crippen LogP contribution in [0, 0.1) is 5.92 Å². The second kappa shape index (κ2) is 4.41. The smallest absolute Gasteiger partial charge is 0.228 e. The second-order valence-electron chi connectivity index (χ2n) is 3.88. The summed E-state index contributed by atoms with van der Waals surface area (Å²) in [6, 6.07) is 7.32.